The van der Waals surface area contributed by atoms with Crippen molar-refractivity contribution < 1.29 is 0 Å². The Morgan fingerprint density at radius 2 is 2.08 bits per heavy atom. The van der Waals surface area contributed by atoms with Crippen LogP contribution in [0.4, 0.5) is 0 Å². The van der Waals surface area contributed by atoms with Crippen LogP contribution in [0.1, 0.15) is 20.8 Å². The Morgan fingerprint density at radius 3 is 2.50 bits per heavy atom. The van der Waals surface area contributed by atoms with E-state index in [1.807, 2.05) is 20.8 Å². The molecule has 66 valence electrons. The minimum absolute atomic E-state index is 0.139. The fraction of sp³-hybridized carbons (Fsp3) is 0.500. The molecule has 4 heteroatoms. The number of hydrogen-bond donors (Lipinski definition) is 1. The first kappa shape index (κ1) is 9.19. The van der Waals surface area contributed by atoms with E-state index in [1.54, 1.807) is 17.0 Å². The van der Waals surface area contributed by atoms with E-state index in [4.69, 9.17) is 12.2 Å². The summed E-state index contributed by atoms with van der Waals surface area (Å²) in [6, 6.07) is 0. The molecule has 12 heavy (non-hydrogen) atoms. The summed E-state index contributed by atoms with van der Waals surface area (Å²) in [5.41, 5.74) is -0.347. The van der Waals surface area contributed by atoms with Gasteiger partial charge in [-0.3, -0.25) is 4.79 Å². The molecule has 0 aromatic carbocycles. The SMILES string of the molecule is CC(C)(C)n1cc[nH]c(=S)c1=O. The zero-order valence-corrected chi connectivity index (χ0v) is 8.23. The summed E-state index contributed by atoms with van der Waals surface area (Å²) in [5.74, 6) is 0. The molecule has 0 saturated carbocycles. The molecule has 0 aliphatic carbocycles. The van der Waals surface area contributed by atoms with Gasteiger partial charge in [0.1, 0.15) is 0 Å². The van der Waals surface area contributed by atoms with Gasteiger partial charge in [-0.1, -0.05) is 12.2 Å². The highest BCUT2D eigenvalue weighted by Crippen LogP contribution is 2.08. The van der Waals surface area contributed by atoms with Crippen molar-refractivity contribution in [2.24, 2.45) is 0 Å². The molecule has 1 rings (SSSR count). The third-order valence-corrected chi connectivity index (χ3v) is 1.87. The molecular weight excluding hydrogens is 172 g/mol. The number of rotatable bonds is 0. The average Bonchev–Trinajstić information content (AvgIpc) is 1.92. The molecule has 0 aliphatic heterocycles. The standard InChI is InChI=1S/C8H12N2OS/c1-8(2,3)10-5-4-9-6(12)7(10)11/h4-5H,1-3H3,(H,9,12). The van der Waals surface area contributed by atoms with E-state index in [0.717, 1.165) is 0 Å². The summed E-state index contributed by atoms with van der Waals surface area (Å²) >= 11 is 4.82. The predicted molar refractivity (Wildman–Crippen MR) is 50.9 cm³/mol. The number of aromatic amines is 1. The van der Waals surface area contributed by atoms with Gasteiger partial charge in [-0.15, -0.1) is 0 Å². The van der Waals surface area contributed by atoms with Gasteiger partial charge in [-0.05, 0) is 20.8 Å². The Labute approximate surface area is 76.1 Å². The normalized spacial score (nSPS) is 11.6. The van der Waals surface area contributed by atoms with Crippen molar-refractivity contribution in [1.29, 1.82) is 0 Å². The van der Waals surface area contributed by atoms with Gasteiger partial charge in [0.25, 0.3) is 5.56 Å². The van der Waals surface area contributed by atoms with Gasteiger partial charge in [0.2, 0.25) is 0 Å². The summed E-state index contributed by atoms with van der Waals surface area (Å²) in [6.07, 6.45) is 3.38. The highest BCUT2D eigenvalue weighted by Gasteiger charge is 2.13. The first-order valence-electron chi connectivity index (χ1n) is 3.74. The Balaban J connectivity index is 3.47. The molecule has 1 N–H and O–H groups in total. The fourth-order valence-corrected chi connectivity index (χ4v) is 1.12. The van der Waals surface area contributed by atoms with Crippen LogP contribution in [0.3, 0.4) is 0 Å². The third-order valence-electron chi connectivity index (χ3n) is 1.57. The molecule has 3 nitrogen and oxygen atoms in total. The summed E-state index contributed by atoms with van der Waals surface area (Å²) in [5, 5.41) is 0. The van der Waals surface area contributed by atoms with Crippen molar-refractivity contribution in [3.05, 3.63) is 27.4 Å². The second-order valence-electron chi connectivity index (χ2n) is 3.64. The topological polar surface area (TPSA) is 37.8 Å². The molecule has 0 atom stereocenters. The van der Waals surface area contributed by atoms with Crippen LogP contribution in [0.25, 0.3) is 0 Å². The van der Waals surface area contributed by atoms with Crippen LogP contribution in [-0.4, -0.2) is 9.55 Å². The van der Waals surface area contributed by atoms with E-state index in [0.29, 0.717) is 0 Å². The van der Waals surface area contributed by atoms with Gasteiger partial charge in [-0.25, -0.2) is 0 Å². The van der Waals surface area contributed by atoms with Gasteiger partial charge < -0.3 is 9.55 Å². The number of nitrogens with zero attached hydrogens (tertiary/aromatic N) is 1. The molecule has 1 heterocycles. The quantitative estimate of drug-likeness (QED) is 0.623. The second kappa shape index (κ2) is 2.86. The van der Waals surface area contributed by atoms with E-state index < -0.39 is 0 Å². The van der Waals surface area contributed by atoms with Crippen LogP contribution in [0.5, 0.6) is 0 Å². The number of nitrogens with one attached hydrogen (secondary N) is 1. The summed E-state index contributed by atoms with van der Waals surface area (Å²) in [4.78, 5) is 14.1. The Bertz CT molecular complexity index is 383. The van der Waals surface area contributed by atoms with E-state index in [2.05, 4.69) is 4.98 Å². The lowest BCUT2D eigenvalue weighted by atomic mass is 10.1. The van der Waals surface area contributed by atoms with E-state index >= 15 is 0 Å². The van der Waals surface area contributed by atoms with Crippen molar-refractivity contribution >= 4 is 12.2 Å². The third kappa shape index (κ3) is 1.64. The lowest BCUT2D eigenvalue weighted by Crippen LogP contribution is -2.33. The molecule has 0 spiro atoms. The molecule has 0 unspecified atom stereocenters. The van der Waals surface area contributed by atoms with Gasteiger partial charge >= 0.3 is 0 Å². The van der Waals surface area contributed by atoms with Gasteiger partial charge in [0, 0.05) is 17.9 Å². The van der Waals surface area contributed by atoms with Gasteiger partial charge in [-0.2, -0.15) is 0 Å². The minimum atomic E-state index is -0.209. The van der Waals surface area contributed by atoms with Crippen molar-refractivity contribution in [2.45, 2.75) is 26.3 Å². The summed E-state index contributed by atoms with van der Waals surface area (Å²) in [6.45, 7) is 5.88. The Hall–Kier alpha value is -0.900. The van der Waals surface area contributed by atoms with E-state index in [9.17, 15) is 4.79 Å². The van der Waals surface area contributed by atoms with E-state index in [1.165, 1.54) is 0 Å². The summed E-state index contributed by atoms with van der Waals surface area (Å²) < 4.78 is 1.87. The molecule has 0 fully saturated rings. The van der Waals surface area contributed by atoms with Crippen molar-refractivity contribution in [2.75, 3.05) is 0 Å². The molecule has 1 aromatic rings. The molecule has 0 aliphatic rings. The number of aromatic nitrogens is 2. The molecule has 0 bridgehead atoms. The maximum absolute atomic E-state index is 11.4. The average molecular weight is 184 g/mol. The second-order valence-corrected chi connectivity index (χ2v) is 4.04. The maximum atomic E-state index is 11.4. The monoisotopic (exact) mass is 184 g/mol. The lowest BCUT2D eigenvalue weighted by Gasteiger charge is -2.21. The highest BCUT2D eigenvalue weighted by atomic mass is 32.1. The zero-order chi connectivity index (χ0) is 9.35. The maximum Gasteiger partial charge on any atom is 0.286 e. The van der Waals surface area contributed by atoms with Crippen LogP contribution < -0.4 is 5.56 Å². The highest BCUT2D eigenvalue weighted by molar-refractivity contribution is 7.71. The van der Waals surface area contributed by atoms with Crippen molar-refractivity contribution in [3.63, 3.8) is 0 Å². The minimum Gasteiger partial charge on any atom is -0.347 e. The smallest absolute Gasteiger partial charge is 0.286 e. The van der Waals surface area contributed by atoms with E-state index in [-0.39, 0.29) is 15.7 Å². The zero-order valence-electron chi connectivity index (χ0n) is 7.42. The number of H-pyrrole nitrogens is 1. The largest absolute Gasteiger partial charge is 0.347 e. The van der Waals surface area contributed by atoms with Gasteiger partial charge in [0.05, 0.1) is 0 Å². The molecule has 0 radical (unpaired) electrons. The van der Waals surface area contributed by atoms with Crippen LogP contribution in [0.2, 0.25) is 0 Å². The van der Waals surface area contributed by atoms with Gasteiger partial charge in [0.15, 0.2) is 4.64 Å². The van der Waals surface area contributed by atoms with Crippen molar-refractivity contribution in [3.8, 4) is 0 Å². The summed E-state index contributed by atoms with van der Waals surface area (Å²) in [7, 11) is 0. The molecule has 0 saturated heterocycles. The van der Waals surface area contributed by atoms with Crippen LogP contribution >= 0.6 is 12.2 Å². The number of hydrogen-bond acceptors (Lipinski definition) is 2. The first-order chi connectivity index (χ1) is 5.43. The Morgan fingerprint density at radius 1 is 1.50 bits per heavy atom. The van der Waals surface area contributed by atoms with Crippen LogP contribution in [0.15, 0.2) is 17.2 Å². The van der Waals surface area contributed by atoms with Crippen molar-refractivity contribution in [1.82, 2.24) is 9.55 Å². The first-order valence-corrected chi connectivity index (χ1v) is 4.14. The molecule has 0 amide bonds. The molecular formula is C8H12N2OS. The van der Waals surface area contributed by atoms with Crippen LogP contribution in [-0.2, 0) is 5.54 Å². The van der Waals surface area contributed by atoms with Crippen LogP contribution in [0, 0.1) is 4.64 Å². The molecule has 1 aromatic heterocycles. The predicted octanol–water partition coefficient (Wildman–Crippen LogP) is 1.66. The lowest BCUT2D eigenvalue weighted by molar-refractivity contribution is 0.381. The Kier molecular flexibility index (Phi) is 2.19. The fourth-order valence-electron chi connectivity index (χ4n) is 0.955.